The third-order valence-corrected chi connectivity index (χ3v) is 2.64. The SMILES string of the molecule is CC1(C)C=Cc2cc(CCC#N)ccc2O1. The monoisotopic (exact) mass is 213 g/mol. The van der Waals surface area contributed by atoms with Gasteiger partial charge in [0, 0.05) is 12.0 Å². The van der Waals surface area contributed by atoms with Crippen molar-refractivity contribution in [2.45, 2.75) is 32.3 Å². The zero-order valence-electron chi connectivity index (χ0n) is 9.66. The Morgan fingerprint density at radius 2 is 2.19 bits per heavy atom. The number of ether oxygens (including phenoxy) is 1. The maximum Gasteiger partial charge on any atom is 0.127 e. The summed E-state index contributed by atoms with van der Waals surface area (Å²) in [5.74, 6) is 0.924. The fraction of sp³-hybridized carbons (Fsp3) is 0.357. The van der Waals surface area contributed by atoms with Crippen LogP contribution in [0, 0.1) is 11.3 Å². The summed E-state index contributed by atoms with van der Waals surface area (Å²) in [5.41, 5.74) is 2.07. The zero-order chi connectivity index (χ0) is 11.6. The third kappa shape index (κ3) is 2.25. The molecule has 1 aromatic rings. The second-order valence-electron chi connectivity index (χ2n) is 4.57. The van der Waals surface area contributed by atoms with Crippen LogP contribution in [0.15, 0.2) is 24.3 Å². The molecule has 1 heterocycles. The molecule has 0 radical (unpaired) electrons. The molecule has 0 aromatic heterocycles. The van der Waals surface area contributed by atoms with Crippen LogP contribution in [0.5, 0.6) is 5.75 Å². The molecule has 0 spiro atoms. The molecule has 82 valence electrons. The van der Waals surface area contributed by atoms with Crippen LogP contribution in [0.25, 0.3) is 6.08 Å². The van der Waals surface area contributed by atoms with E-state index in [0.717, 1.165) is 17.7 Å². The summed E-state index contributed by atoms with van der Waals surface area (Å²) in [7, 11) is 0. The van der Waals surface area contributed by atoms with Crippen molar-refractivity contribution < 1.29 is 4.74 Å². The van der Waals surface area contributed by atoms with Crippen LogP contribution in [0.2, 0.25) is 0 Å². The molecule has 1 aliphatic rings. The standard InChI is InChI=1S/C14H15NO/c1-14(2)8-7-12-10-11(4-3-9-15)5-6-13(12)16-14/h5-8,10H,3-4H2,1-2H3. The van der Waals surface area contributed by atoms with Crippen LogP contribution in [-0.4, -0.2) is 5.60 Å². The third-order valence-electron chi connectivity index (χ3n) is 2.64. The normalized spacial score (nSPS) is 16.1. The summed E-state index contributed by atoms with van der Waals surface area (Å²) in [6.45, 7) is 4.08. The molecule has 1 aliphatic heterocycles. The predicted molar refractivity (Wildman–Crippen MR) is 64.1 cm³/mol. The van der Waals surface area contributed by atoms with E-state index in [0.29, 0.717) is 6.42 Å². The van der Waals surface area contributed by atoms with Crippen molar-refractivity contribution in [3.63, 3.8) is 0 Å². The van der Waals surface area contributed by atoms with Crippen LogP contribution in [-0.2, 0) is 6.42 Å². The molecule has 0 saturated carbocycles. The minimum absolute atomic E-state index is 0.221. The van der Waals surface area contributed by atoms with Gasteiger partial charge in [0.05, 0.1) is 6.07 Å². The summed E-state index contributed by atoms with van der Waals surface area (Å²) in [6, 6.07) is 8.28. The zero-order valence-corrected chi connectivity index (χ0v) is 9.66. The number of hydrogen-bond donors (Lipinski definition) is 0. The molecule has 16 heavy (non-hydrogen) atoms. The Bertz CT molecular complexity index is 466. The highest BCUT2D eigenvalue weighted by Crippen LogP contribution is 2.31. The van der Waals surface area contributed by atoms with Crippen LogP contribution in [0.1, 0.15) is 31.4 Å². The van der Waals surface area contributed by atoms with E-state index in [2.05, 4.69) is 24.3 Å². The first-order valence-electron chi connectivity index (χ1n) is 5.49. The number of nitrogens with zero attached hydrogens (tertiary/aromatic N) is 1. The Balaban J connectivity index is 2.25. The number of aryl methyl sites for hydroxylation is 1. The van der Waals surface area contributed by atoms with E-state index in [1.807, 2.05) is 26.0 Å². The first kappa shape index (κ1) is 10.8. The van der Waals surface area contributed by atoms with E-state index in [-0.39, 0.29) is 5.60 Å². The van der Waals surface area contributed by atoms with Gasteiger partial charge in [0.1, 0.15) is 11.4 Å². The average molecular weight is 213 g/mol. The van der Waals surface area contributed by atoms with Gasteiger partial charge in [0.2, 0.25) is 0 Å². The Labute approximate surface area is 96.2 Å². The molecular weight excluding hydrogens is 198 g/mol. The lowest BCUT2D eigenvalue weighted by molar-refractivity contribution is 0.159. The maximum absolute atomic E-state index is 8.55. The van der Waals surface area contributed by atoms with Crippen LogP contribution >= 0.6 is 0 Å². The van der Waals surface area contributed by atoms with Gasteiger partial charge in [-0.1, -0.05) is 12.1 Å². The fourth-order valence-electron chi connectivity index (χ4n) is 1.78. The van der Waals surface area contributed by atoms with Crippen LogP contribution in [0.4, 0.5) is 0 Å². The molecule has 1 aromatic carbocycles. The van der Waals surface area contributed by atoms with Gasteiger partial charge in [-0.25, -0.2) is 0 Å². The van der Waals surface area contributed by atoms with E-state index in [9.17, 15) is 0 Å². The summed E-state index contributed by atoms with van der Waals surface area (Å²) >= 11 is 0. The van der Waals surface area contributed by atoms with Crippen molar-refractivity contribution in [2.24, 2.45) is 0 Å². The van der Waals surface area contributed by atoms with Gasteiger partial charge in [-0.15, -0.1) is 0 Å². The van der Waals surface area contributed by atoms with Gasteiger partial charge in [0.15, 0.2) is 0 Å². The molecular formula is C14H15NO. The summed E-state index contributed by atoms with van der Waals surface area (Å²) < 4.78 is 5.83. The fourth-order valence-corrected chi connectivity index (χ4v) is 1.78. The van der Waals surface area contributed by atoms with E-state index in [4.69, 9.17) is 10.00 Å². The Kier molecular flexibility index (Phi) is 2.70. The van der Waals surface area contributed by atoms with Crippen molar-refractivity contribution in [3.05, 3.63) is 35.4 Å². The Morgan fingerprint density at radius 3 is 2.94 bits per heavy atom. The minimum Gasteiger partial charge on any atom is -0.483 e. The first-order valence-corrected chi connectivity index (χ1v) is 5.49. The highest BCUT2D eigenvalue weighted by Gasteiger charge is 2.21. The second-order valence-corrected chi connectivity index (χ2v) is 4.57. The Morgan fingerprint density at radius 1 is 1.38 bits per heavy atom. The number of benzene rings is 1. The van der Waals surface area contributed by atoms with Gasteiger partial charge in [-0.3, -0.25) is 0 Å². The van der Waals surface area contributed by atoms with Gasteiger partial charge in [-0.05, 0) is 44.0 Å². The largest absolute Gasteiger partial charge is 0.483 e. The van der Waals surface area contributed by atoms with Crippen molar-refractivity contribution in [1.29, 1.82) is 5.26 Å². The number of rotatable bonds is 2. The quantitative estimate of drug-likeness (QED) is 0.755. The summed E-state index contributed by atoms with van der Waals surface area (Å²) in [4.78, 5) is 0. The molecule has 0 aliphatic carbocycles. The number of hydrogen-bond acceptors (Lipinski definition) is 2. The molecule has 2 nitrogen and oxygen atoms in total. The molecule has 2 rings (SSSR count). The van der Waals surface area contributed by atoms with Gasteiger partial charge < -0.3 is 4.74 Å². The van der Waals surface area contributed by atoms with E-state index in [1.165, 1.54) is 5.56 Å². The molecule has 2 heteroatoms. The van der Waals surface area contributed by atoms with E-state index >= 15 is 0 Å². The molecule has 0 amide bonds. The predicted octanol–water partition coefficient (Wildman–Crippen LogP) is 3.33. The number of nitriles is 1. The lowest BCUT2D eigenvalue weighted by Gasteiger charge is -2.28. The smallest absolute Gasteiger partial charge is 0.127 e. The van der Waals surface area contributed by atoms with E-state index < -0.39 is 0 Å². The topological polar surface area (TPSA) is 33.0 Å². The minimum atomic E-state index is -0.221. The second kappa shape index (κ2) is 4.02. The van der Waals surface area contributed by atoms with Crippen molar-refractivity contribution in [1.82, 2.24) is 0 Å². The van der Waals surface area contributed by atoms with Gasteiger partial charge >= 0.3 is 0 Å². The molecule has 0 fully saturated rings. The first-order chi connectivity index (χ1) is 7.61. The lowest BCUT2D eigenvalue weighted by Crippen LogP contribution is -2.27. The average Bonchev–Trinajstić information content (AvgIpc) is 2.25. The van der Waals surface area contributed by atoms with Crippen molar-refractivity contribution in [3.8, 4) is 11.8 Å². The van der Waals surface area contributed by atoms with Gasteiger partial charge in [-0.2, -0.15) is 5.26 Å². The van der Waals surface area contributed by atoms with Crippen LogP contribution in [0.3, 0.4) is 0 Å². The Hall–Kier alpha value is -1.75. The lowest BCUT2D eigenvalue weighted by atomic mass is 9.99. The highest BCUT2D eigenvalue weighted by molar-refractivity contribution is 5.61. The van der Waals surface area contributed by atoms with Gasteiger partial charge in [0.25, 0.3) is 0 Å². The highest BCUT2D eigenvalue weighted by atomic mass is 16.5. The maximum atomic E-state index is 8.55. The molecule has 0 saturated heterocycles. The molecule has 0 atom stereocenters. The number of fused-ring (bicyclic) bond motifs is 1. The van der Waals surface area contributed by atoms with Crippen molar-refractivity contribution >= 4 is 6.08 Å². The summed E-state index contributed by atoms with van der Waals surface area (Å²) in [6.07, 6.45) is 5.52. The molecule has 0 unspecified atom stereocenters. The van der Waals surface area contributed by atoms with Crippen LogP contribution < -0.4 is 4.74 Å². The van der Waals surface area contributed by atoms with Crippen molar-refractivity contribution in [2.75, 3.05) is 0 Å². The summed E-state index contributed by atoms with van der Waals surface area (Å²) in [5, 5.41) is 8.55. The molecule has 0 N–H and O–H groups in total. The molecule has 0 bridgehead atoms. The van der Waals surface area contributed by atoms with E-state index in [1.54, 1.807) is 0 Å².